The molecule has 74 valence electrons. The van der Waals surface area contributed by atoms with Gasteiger partial charge in [-0.1, -0.05) is 0 Å². The van der Waals surface area contributed by atoms with Crippen LogP contribution in [-0.2, 0) is 11.3 Å². The molecule has 0 saturated carbocycles. The molecule has 0 radical (unpaired) electrons. The van der Waals surface area contributed by atoms with Gasteiger partial charge in [0.1, 0.15) is 0 Å². The third-order valence-electron chi connectivity index (χ3n) is 1.77. The Morgan fingerprint density at radius 1 is 1.54 bits per heavy atom. The molecule has 0 aliphatic heterocycles. The van der Waals surface area contributed by atoms with E-state index in [0.717, 1.165) is 0 Å². The van der Waals surface area contributed by atoms with Crippen LogP contribution in [0.15, 0.2) is 4.79 Å². The van der Waals surface area contributed by atoms with E-state index >= 15 is 0 Å². The Bertz CT molecular complexity index is 359. The third kappa shape index (κ3) is 1.75. The number of thiol groups is 1. The zero-order valence-corrected chi connectivity index (χ0v) is 8.85. The van der Waals surface area contributed by atoms with Crippen LogP contribution < -0.4 is 5.69 Å². The summed E-state index contributed by atoms with van der Waals surface area (Å²) in [7, 11) is 0. The number of hydrogen-bond acceptors (Lipinski definition) is 3. The zero-order valence-electron chi connectivity index (χ0n) is 7.96. The van der Waals surface area contributed by atoms with E-state index in [9.17, 15) is 9.90 Å². The van der Waals surface area contributed by atoms with Crippen molar-refractivity contribution in [3.63, 3.8) is 0 Å². The van der Waals surface area contributed by atoms with Crippen molar-refractivity contribution in [3.05, 3.63) is 16.2 Å². The molecule has 1 rings (SSSR count). The summed E-state index contributed by atoms with van der Waals surface area (Å²) in [6.45, 7) is 5.55. The fraction of sp³-hybridized carbons (Fsp3) is 0.625. The molecule has 0 fully saturated rings. The first-order chi connectivity index (χ1) is 5.88. The third-order valence-corrected chi connectivity index (χ3v) is 2.09. The molecule has 0 spiro atoms. The van der Waals surface area contributed by atoms with Crippen molar-refractivity contribution in [2.45, 2.75) is 32.1 Å². The van der Waals surface area contributed by atoms with E-state index in [-0.39, 0.29) is 11.6 Å². The van der Waals surface area contributed by atoms with Gasteiger partial charge in [-0.05, 0) is 20.8 Å². The molecule has 1 aromatic rings. The zero-order chi connectivity index (χ0) is 10.2. The predicted octanol–water partition coefficient (Wildman–Crippen LogP) is 1.07. The molecule has 0 aliphatic carbocycles. The Kier molecular flexibility index (Phi) is 2.47. The lowest BCUT2D eigenvalue weighted by Crippen LogP contribution is -2.31. The summed E-state index contributed by atoms with van der Waals surface area (Å²) in [6, 6.07) is 0. The maximum absolute atomic E-state index is 11.4. The summed E-state index contributed by atoms with van der Waals surface area (Å²) >= 11 is 3.99. The fourth-order valence-electron chi connectivity index (χ4n) is 1.20. The monoisotopic (exact) mass is 202 g/mol. The Balaban J connectivity index is 3.38. The minimum Gasteiger partial charge on any atom is -0.493 e. The highest BCUT2D eigenvalue weighted by Gasteiger charge is 2.22. The summed E-state index contributed by atoms with van der Waals surface area (Å²) in [5, 5.41) is 9.63. The second-order valence-corrected chi connectivity index (χ2v) is 4.21. The molecular weight excluding hydrogens is 188 g/mol. The van der Waals surface area contributed by atoms with Crippen molar-refractivity contribution in [1.29, 1.82) is 0 Å². The van der Waals surface area contributed by atoms with Crippen molar-refractivity contribution >= 4 is 12.6 Å². The second-order valence-electron chi connectivity index (χ2n) is 3.90. The Hall–Kier alpha value is -0.840. The van der Waals surface area contributed by atoms with Gasteiger partial charge in [-0.3, -0.25) is 4.57 Å². The van der Waals surface area contributed by atoms with Crippen LogP contribution in [0, 0.1) is 0 Å². The van der Waals surface area contributed by atoms with Crippen LogP contribution in [0.5, 0.6) is 5.88 Å². The highest BCUT2D eigenvalue weighted by atomic mass is 32.1. The first-order valence-corrected chi connectivity index (χ1v) is 4.65. The van der Waals surface area contributed by atoms with Crippen molar-refractivity contribution in [3.8, 4) is 5.88 Å². The lowest BCUT2D eigenvalue weighted by atomic mass is 10.1. The standard InChI is InChI=1S/C8H14N2O2S/c1-8(2,3)10-6(11)5(4-13)9-7(10)12/h11,13H,4H2,1-3H3,(H,9,12). The molecule has 0 amide bonds. The number of nitrogens with one attached hydrogen (secondary N) is 1. The number of hydrogen-bond donors (Lipinski definition) is 3. The summed E-state index contributed by atoms with van der Waals surface area (Å²) in [5.41, 5.74) is -0.254. The van der Waals surface area contributed by atoms with E-state index in [2.05, 4.69) is 17.6 Å². The minimum atomic E-state index is -0.418. The highest BCUT2D eigenvalue weighted by Crippen LogP contribution is 2.22. The molecule has 5 heteroatoms. The van der Waals surface area contributed by atoms with Gasteiger partial charge in [-0.15, -0.1) is 0 Å². The molecule has 0 unspecified atom stereocenters. The van der Waals surface area contributed by atoms with Crippen LogP contribution in [-0.4, -0.2) is 14.7 Å². The van der Waals surface area contributed by atoms with Crippen LogP contribution in [0.3, 0.4) is 0 Å². The number of aromatic amines is 1. The highest BCUT2D eigenvalue weighted by molar-refractivity contribution is 7.79. The maximum atomic E-state index is 11.4. The molecule has 2 N–H and O–H groups in total. The van der Waals surface area contributed by atoms with E-state index in [1.807, 2.05) is 20.8 Å². The van der Waals surface area contributed by atoms with E-state index < -0.39 is 5.54 Å². The molecule has 1 heterocycles. The largest absolute Gasteiger partial charge is 0.493 e. The van der Waals surface area contributed by atoms with Crippen molar-refractivity contribution in [2.24, 2.45) is 0 Å². The van der Waals surface area contributed by atoms with Gasteiger partial charge in [0.25, 0.3) is 0 Å². The van der Waals surface area contributed by atoms with Gasteiger partial charge in [0, 0.05) is 11.3 Å². The summed E-state index contributed by atoms with van der Waals surface area (Å²) < 4.78 is 1.32. The minimum absolute atomic E-state index is 0.0208. The topological polar surface area (TPSA) is 58.0 Å². The number of aromatic nitrogens is 2. The smallest absolute Gasteiger partial charge is 0.329 e. The number of rotatable bonds is 1. The number of aromatic hydroxyl groups is 1. The number of H-pyrrole nitrogens is 1. The van der Waals surface area contributed by atoms with Gasteiger partial charge >= 0.3 is 5.69 Å². The molecule has 13 heavy (non-hydrogen) atoms. The van der Waals surface area contributed by atoms with E-state index in [4.69, 9.17) is 0 Å². The fourth-order valence-corrected chi connectivity index (χ4v) is 1.43. The number of imidazole rings is 1. The quantitative estimate of drug-likeness (QED) is 0.596. The summed E-state index contributed by atoms with van der Waals surface area (Å²) in [4.78, 5) is 13.9. The van der Waals surface area contributed by atoms with Crippen LogP contribution >= 0.6 is 12.6 Å². The first kappa shape index (κ1) is 10.2. The van der Waals surface area contributed by atoms with Crippen molar-refractivity contribution < 1.29 is 5.11 Å². The average Bonchev–Trinajstić information content (AvgIpc) is 2.24. The summed E-state index contributed by atoms with van der Waals surface area (Å²) in [6.07, 6.45) is 0. The van der Waals surface area contributed by atoms with Crippen molar-refractivity contribution in [2.75, 3.05) is 0 Å². The first-order valence-electron chi connectivity index (χ1n) is 4.02. The molecule has 0 bridgehead atoms. The van der Waals surface area contributed by atoms with Crippen LogP contribution in [0.25, 0.3) is 0 Å². The molecule has 0 saturated heterocycles. The molecule has 1 aromatic heterocycles. The normalized spacial score (nSPS) is 12.0. The van der Waals surface area contributed by atoms with Gasteiger partial charge in [-0.2, -0.15) is 12.6 Å². The molecule has 4 nitrogen and oxygen atoms in total. The van der Waals surface area contributed by atoms with Gasteiger partial charge in [-0.25, -0.2) is 4.79 Å². The van der Waals surface area contributed by atoms with Crippen LogP contribution in [0.1, 0.15) is 26.5 Å². The molecular formula is C8H14N2O2S. The van der Waals surface area contributed by atoms with Gasteiger partial charge in [0.2, 0.25) is 5.88 Å². The van der Waals surface area contributed by atoms with E-state index in [0.29, 0.717) is 11.4 Å². The second kappa shape index (κ2) is 3.14. The van der Waals surface area contributed by atoms with Gasteiger partial charge < -0.3 is 10.1 Å². The van der Waals surface area contributed by atoms with Gasteiger partial charge in [0.05, 0.1) is 5.69 Å². The molecule has 0 aliphatic rings. The Morgan fingerprint density at radius 2 is 2.08 bits per heavy atom. The average molecular weight is 202 g/mol. The van der Waals surface area contributed by atoms with Crippen molar-refractivity contribution in [1.82, 2.24) is 9.55 Å². The lowest BCUT2D eigenvalue weighted by molar-refractivity contribution is 0.317. The number of nitrogens with zero attached hydrogens (tertiary/aromatic N) is 1. The SMILES string of the molecule is CC(C)(C)n1c(O)c(CS)[nH]c1=O. The van der Waals surface area contributed by atoms with E-state index in [1.54, 1.807) is 0 Å². The van der Waals surface area contributed by atoms with Gasteiger partial charge in [0.15, 0.2) is 0 Å². The Morgan fingerprint density at radius 3 is 2.31 bits per heavy atom. The molecule has 0 aromatic carbocycles. The van der Waals surface area contributed by atoms with Crippen LogP contribution in [0.2, 0.25) is 0 Å². The lowest BCUT2D eigenvalue weighted by Gasteiger charge is -2.20. The molecule has 0 atom stereocenters. The maximum Gasteiger partial charge on any atom is 0.329 e. The van der Waals surface area contributed by atoms with E-state index in [1.165, 1.54) is 4.57 Å². The van der Waals surface area contributed by atoms with Crippen LogP contribution in [0.4, 0.5) is 0 Å². The predicted molar refractivity (Wildman–Crippen MR) is 54.4 cm³/mol. The summed E-state index contributed by atoms with van der Waals surface area (Å²) in [5.74, 6) is 0.303. The Labute approximate surface area is 82.0 Å².